The molecule has 0 fully saturated rings. The molecular formula is C30H17BN2S2. The zero-order valence-electron chi connectivity index (χ0n) is 18.6. The van der Waals surface area contributed by atoms with Crippen LogP contribution in [0.3, 0.4) is 0 Å². The zero-order valence-corrected chi connectivity index (χ0v) is 20.2. The Morgan fingerprint density at radius 3 is 1.49 bits per heavy atom. The summed E-state index contributed by atoms with van der Waals surface area (Å²) in [6.07, 6.45) is 0. The van der Waals surface area contributed by atoms with Crippen molar-refractivity contribution in [2.75, 3.05) is 0 Å². The van der Waals surface area contributed by atoms with Crippen molar-refractivity contribution < 1.29 is 0 Å². The van der Waals surface area contributed by atoms with E-state index in [0.717, 1.165) is 0 Å². The third-order valence-electron chi connectivity index (χ3n) is 7.60. The fraction of sp³-hybridized carbons (Fsp3) is 0. The summed E-state index contributed by atoms with van der Waals surface area (Å²) in [6.45, 7) is 0.218. The van der Waals surface area contributed by atoms with Crippen molar-refractivity contribution >= 4 is 86.6 Å². The number of benzene rings is 5. The molecular weight excluding hydrogens is 463 g/mol. The van der Waals surface area contributed by atoms with Crippen molar-refractivity contribution in [1.29, 1.82) is 0 Å². The van der Waals surface area contributed by atoms with Crippen molar-refractivity contribution in [1.82, 2.24) is 9.13 Å². The first kappa shape index (κ1) is 18.5. The molecule has 0 radical (unpaired) electrons. The van der Waals surface area contributed by atoms with Gasteiger partial charge in [-0.3, -0.25) is 0 Å². The highest BCUT2D eigenvalue weighted by Gasteiger charge is 2.39. The van der Waals surface area contributed by atoms with Gasteiger partial charge in [-0.15, -0.1) is 22.7 Å². The van der Waals surface area contributed by atoms with Crippen LogP contribution in [-0.4, -0.2) is 15.8 Å². The first-order valence-corrected chi connectivity index (χ1v) is 13.5. The molecule has 0 atom stereocenters. The van der Waals surface area contributed by atoms with E-state index in [1.807, 2.05) is 22.7 Å². The maximum absolute atomic E-state index is 2.53. The van der Waals surface area contributed by atoms with E-state index >= 15 is 0 Å². The Kier molecular flexibility index (Phi) is 3.41. The van der Waals surface area contributed by atoms with Crippen LogP contribution in [0, 0.1) is 0 Å². The molecule has 0 aliphatic carbocycles. The third-order valence-corrected chi connectivity index (χ3v) is 9.80. The standard InChI is InChI=1S/C30H17BN2S2/c1-3-11-20-18(9-1)31-19-10-2-4-12-21(19)33-23-14-6-8-16-25(23)35-27-17-26-29(28(31)30(27)33)32(20)22-13-5-7-15-24(22)34-26/h1-17H. The average Bonchev–Trinajstić information content (AvgIpc) is 2.92. The molecule has 9 rings (SSSR count). The van der Waals surface area contributed by atoms with Crippen molar-refractivity contribution in [3.8, 4) is 11.4 Å². The average molecular weight is 480 g/mol. The van der Waals surface area contributed by atoms with E-state index in [1.165, 1.54) is 68.6 Å². The lowest BCUT2D eigenvalue weighted by atomic mass is 9.34. The minimum atomic E-state index is 0.218. The maximum atomic E-state index is 2.53. The Hall–Kier alpha value is -3.80. The molecule has 5 aromatic carbocycles. The lowest BCUT2D eigenvalue weighted by Gasteiger charge is -2.36. The van der Waals surface area contributed by atoms with Gasteiger partial charge in [0, 0.05) is 11.4 Å². The third kappa shape index (κ3) is 2.21. The van der Waals surface area contributed by atoms with E-state index in [9.17, 15) is 0 Å². The quantitative estimate of drug-likeness (QED) is 0.179. The maximum Gasteiger partial charge on any atom is 0.252 e. The van der Waals surface area contributed by atoms with Gasteiger partial charge in [-0.25, -0.2) is 0 Å². The number of para-hydroxylation sites is 4. The first-order valence-electron chi connectivity index (χ1n) is 11.9. The second kappa shape index (κ2) is 6.45. The predicted molar refractivity (Wildman–Crippen MR) is 153 cm³/mol. The smallest absolute Gasteiger partial charge is 0.252 e. The highest BCUT2D eigenvalue weighted by atomic mass is 32.1. The molecule has 0 amide bonds. The van der Waals surface area contributed by atoms with Gasteiger partial charge in [0.2, 0.25) is 0 Å². The van der Waals surface area contributed by atoms with Gasteiger partial charge in [0.15, 0.2) is 0 Å². The highest BCUT2D eigenvalue weighted by Crippen LogP contribution is 2.40. The lowest BCUT2D eigenvalue weighted by molar-refractivity contribution is 1.16. The molecule has 35 heavy (non-hydrogen) atoms. The van der Waals surface area contributed by atoms with Crippen LogP contribution in [0.1, 0.15) is 0 Å². The minimum absolute atomic E-state index is 0.218. The predicted octanol–water partition coefficient (Wildman–Crippen LogP) is 6.27. The monoisotopic (exact) mass is 480 g/mol. The van der Waals surface area contributed by atoms with Crippen molar-refractivity contribution in [2.45, 2.75) is 0 Å². The second-order valence-corrected chi connectivity index (χ2v) is 11.5. The molecule has 4 heterocycles. The van der Waals surface area contributed by atoms with E-state index in [1.54, 1.807) is 0 Å². The van der Waals surface area contributed by atoms with Gasteiger partial charge < -0.3 is 9.13 Å². The SMILES string of the molecule is c1ccc2c(c1)B1c3ccccc3-n3c4ccccc4sc4cc5sc6ccccc6n-2c5c1c43. The molecule has 0 spiro atoms. The van der Waals surface area contributed by atoms with Gasteiger partial charge in [0.25, 0.3) is 6.71 Å². The molecule has 7 aromatic rings. The molecule has 2 aromatic heterocycles. The molecule has 2 aliphatic heterocycles. The van der Waals surface area contributed by atoms with Crippen molar-refractivity contribution in [2.24, 2.45) is 0 Å². The van der Waals surface area contributed by atoms with Gasteiger partial charge >= 0.3 is 0 Å². The summed E-state index contributed by atoms with van der Waals surface area (Å²) in [5.41, 5.74) is 12.1. The second-order valence-electron chi connectivity index (χ2n) is 9.34. The van der Waals surface area contributed by atoms with E-state index in [0.29, 0.717) is 0 Å². The lowest BCUT2D eigenvalue weighted by Crippen LogP contribution is -2.59. The summed E-state index contributed by atoms with van der Waals surface area (Å²) in [5, 5.41) is 0. The van der Waals surface area contributed by atoms with Crippen molar-refractivity contribution in [3.63, 3.8) is 0 Å². The molecule has 162 valence electrons. The minimum Gasteiger partial charge on any atom is -0.309 e. The summed E-state index contributed by atoms with van der Waals surface area (Å²) >= 11 is 3.83. The normalized spacial score (nSPS) is 13.1. The Balaban J connectivity index is 1.66. The number of hydrogen-bond donors (Lipinski definition) is 0. The Morgan fingerprint density at radius 2 is 0.943 bits per heavy atom. The molecule has 5 heteroatoms. The topological polar surface area (TPSA) is 9.86 Å². The molecule has 0 saturated heterocycles. The first-order chi connectivity index (χ1) is 17.4. The van der Waals surface area contributed by atoms with Gasteiger partial charge in [0.05, 0.1) is 40.9 Å². The number of aromatic nitrogens is 2. The van der Waals surface area contributed by atoms with E-state index in [-0.39, 0.29) is 6.71 Å². The summed E-state index contributed by atoms with van der Waals surface area (Å²) in [7, 11) is 0. The number of rotatable bonds is 0. The number of nitrogens with zero attached hydrogens (tertiary/aromatic N) is 2. The van der Waals surface area contributed by atoms with Gasteiger partial charge in [-0.2, -0.15) is 0 Å². The van der Waals surface area contributed by atoms with Crippen LogP contribution in [-0.2, 0) is 0 Å². The number of hydrogen-bond acceptors (Lipinski definition) is 2. The van der Waals surface area contributed by atoms with Gasteiger partial charge in [-0.05, 0) is 58.9 Å². The Bertz CT molecular complexity index is 1940. The van der Waals surface area contributed by atoms with Crippen LogP contribution in [0.2, 0.25) is 0 Å². The van der Waals surface area contributed by atoms with Crippen LogP contribution in [0.25, 0.3) is 52.2 Å². The van der Waals surface area contributed by atoms with Crippen LogP contribution in [0.5, 0.6) is 0 Å². The van der Waals surface area contributed by atoms with Crippen LogP contribution in [0.4, 0.5) is 0 Å². The highest BCUT2D eigenvalue weighted by molar-refractivity contribution is 7.27. The number of fused-ring (bicyclic) bond motifs is 10. The molecule has 0 unspecified atom stereocenters. The van der Waals surface area contributed by atoms with Crippen molar-refractivity contribution in [3.05, 3.63) is 103 Å². The summed E-state index contributed by atoms with van der Waals surface area (Å²) in [6, 6.07) is 38.2. The Labute approximate surface area is 209 Å². The molecule has 0 N–H and O–H groups in total. The molecule has 0 bridgehead atoms. The van der Waals surface area contributed by atoms with E-state index < -0.39 is 0 Å². The van der Waals surface area contributed by atoms with Gasteiger partial charge in [0.1, 0.15) is 0 Å². The molecule has 2 nitrogen and oxygen atoms in total. The molecule has 0 saturated carbocycles. The van der Waals surface area contributed by atoms with Crippen LogP contribution < -0.4 is 16.4 Å². The fourth-order valence-corrected chi connectivity index (χ4v) is 8.63. The Morgan fingerprint density at radius 1 is 0.486 bits per heavy atom. The fourth-order valence-electron chi connectivity index (χ4n) is 6.31. The van der Waals surface area contributed by atoms with Crippen LogP contribution in [0.15, 0.2) is 103 Å². The van der Waals surface area contributed by atoms with E-state index in [2.05, 4.69) is 112 Å². The summed E-state index contributed by atoms with van der Waals surface area (Å²) in [5.74, 6) is 0. The van der Waals surface area contributed by atoms with E-state index in [4.69, 9.17) is 0 Å². The van der Waals surface area contributed by atoms with Gasteiger partial charge in [-0.1, -0.05) is 60.7 Å². The zero-order chi connectivity index (χ0) is 22.7. The summed E-state index contributed by atoms with van der Waals surface area (Å²) in [4.78, 5) is 0. The summed E-state index contributed by atoms with van der Waals surface area (Å²) < 4.78 is 10.4. The largest absolute Gasteiger partial charge is 0.309 e. The molecule has 2 aliphatic rings. The van der Waals surface area contributed by atoms with Crippen LogP contribution >= 0.6 is 22.7 Å².